The summed E-state index contributed by atoms with van der Waals surface area (Å²) in [6, 6.07) is 2.97. The van der Waals surface area contributed by atoms with Gasteiger partial charge in [-0.3, -0.25) is 5.32 Å². The van der Waals surface area contributed by atoms with Gasteiger partial charge in [0.25, 0.3) is 0 Å². The first kappa shape index (κ1) is 17.3. The number of aromatic nitrogens is 1. The monoisotopic (exact) mass is 369 g/mol. The average molecular weight is 369 g/mol. The number of carbonyl (C=O) groups excluding carboxylic acids is 1. The Labute approximate surface area is 132 Å². The quantitative estimate of drug-likeness (QED) is 0.638. The summed E-state index contributed by atoms with van der Waals surface area (Å²) < 4.78 is 63.3. The van der Waals surface area contributed by atoms with Gasteiger partial charge in [-0.05, 0) is 19.1 Å². The van der Waals surface area contributed by atoms with E-state index in [4.69, 9.17) is 0 Å². The Morgan fingerprint density at radius 1 is 1.39 bits per heavy atom. The lowest BCUT2D eigenvalue weighted by Crippen LogP contribution is -2.28. The molecule has 0 fully saturated rings. The normalized spacial score (nSPS) is 12.2. The van der Waals surface area contributed by atoms with Crippen molar-refractivity contribution < 1.29 is 30.6 Å². The first-order valence-corrected chi connectivity index (χ1v) is 8.31. The second-order valence-electron chi connectivity index (χ2n) is 4.12. The Hall–Kier alpha value is -2.08. The third kappa shape index (κ3) is 4.01. The molecule has 1 heterocycles. The lowest BCUT2D eigenvalue weighted by atomic mass is 10.3. The van der Waals surface area contributed by atoms with E-state index in [1.165, 1.54) is 6.07 Å². The number of nitrogens with one attached hydrogen (secondary N) is 2. The van der Waals surface area contributed by atoms with E-state index < -0.39 is 27.4 Å². The summed E-state index contributed by atoms with van der Waals surface area (Å²) in [5.74, 6) is -0.523. The molecule has 0 aliphatic rings. The summed E-state index contributed by atoms with van der Waals surface area (Å²) in [5.41, 5.74) is -5.33. The topological polar surface area (TPSA) is 97.4 Å². The van der Waals surface area contributed by atoms with Gasteiger partial charge in [0.2, 0.25) is 0 Å². The molecule has 1 aromatic heterocycles. The number of amides is 2. The van der Waals surface area contributed by atoms with Crippen LogP contribution in [0.2, 0.25) is 0 Å². The van der Waals surface area contributed by atoms with Gasteiger partial charge in [0.1, 0.15) is 5.75 Å². The fourth-order valence-corrected chi connectivity index (χ4v) is 2.78. The molecule has 0 saturated carbocycles. The molecule has 0 unspecified atom stereocenters. The minimum atomic E-state index is -5.74. The van der Waals surface area contributed by atoms with Crippen molar-refractivity contribution in [1.29, 1.82) is 0 Å². The van der Waals surface area contributed by atoms with Crippen LogP contribution in [0.5, 0.6) is 5.75 Å². The number of carbonyl (C=O) groups is 1. The van der Waals surface area contributed by atoms with E-state index >= 15 is 0 Å². The maximum atomic E-state index is 12.3. The summed E-state index contributed by atoms with van der Waals surface area (Å²) >= 11 is 1.07. The Kier molecular flexibility index (Phi) is 4.66. The van der Waals surface area contributed by atoms with E-state index in [-0.39, 0.29) is 10.6 Å². The van der Waals surface area contributed by atoms with Crippen LogP contribution in [0.4, 0.5) is 23.1 Å². The lowest BCUT2D eigenvalue weighted by Gasteiger charge is -2.08. The van der Waals surface area contributed by atoms with Gasteiger partial charge in [0.15, 0.2) is 5.13 Å². The lowest BCUT2D eigenvalue weighted by molar-refractivity contribution is -0.0500. The molecule has 0 aliphatic heterocycles. The van der Waals surface area contributed by atoms with E-state index in [1.807, 2.05) is 0 Å². The van der Waals surface area contributed by atoms with Crippen LogP contribution in [-0.2, 0) is 10.1 Å². The molecule has 0 bridgehead atoms. The molecular weight excluding hydrogens is 359 g/mol. The van der Waals surface area contributed by atoms with Crippen molar-refractivity contribution in [1.82, 2.24) is 10.3 Å². The summed E-state index contributed by atoms with van der Waals surface area (Å²) in [7, 11) is -5.74. The number of halogens is 3. The fourth-order valence-electron chi connectivity index (χ4n) is 1.49. The Morgan fingerprint density at radius 3 is 2.70 bits per heavy atom. The average Bonchev–Trinajstić information content (AvgIpc) is 2.78. The first-order valence-electron chi connectivity index (χ1n) is 6.08. The molecule has 0 radical (unpaired) electrons. The molecule has 23 heavy (non-hydrogen) atoms. The molecule has 7 nitrogen and oxygen atoms in total. The van der Waals surface area contributed by atoms with Crippen LogP contribution < -0.4 is 14.8 Å². The molecule has 2 amide bonds. The molecule has 12 heteroatoms. The molecule has 0 aliphatic carbocycles. The number of hydrogen-bond donors (Lipinski definition) is 2. The van der Waals surface area contributed by atoms with Crippen molar-refractivity contribution in [3.8, 4) is 5.75 Å². The number of alkyl halides is 3. The minimum Gasteiger partial charge on any atom is -0.376 e. The number of fused-ring (bicyclic) bond motifs is 1. The van der Waals surface area contributed by atoms with Crippen LogP contribution in [0.1, 0.15) is 6.92 Å². The highest BCUT2D eigenvalue weighted by Gasteiger charge is 2.48. The second kappa shape index (κ2) is 6.20. The van der Waals surface area contributed by atoms with Crippen LogP contribution >= 0.6 is 11.3 Å². The molecule has 2 aromatic rings. The third-order valence-electron chi connectivity index (χ3n) is 2.41. The Morgan fingerprint density at radius 2 is 2.09 bits per heavy atom. The fraction of sp³-hybridized carbons (Fsp3) is 0.273. The maximum absolute atomic E-state index is 12.3. The number of nitrogens with zero attached hydrogens (tertiary/aromatic N) is 1. The predicted molar refractivity (Wildman–Crippen MR) is 77.9 cm³/mol. The van der Waals surface area contributed by atoms with E-state index in [1.54, 1.807) is 6.92 Å². The molecule has 0 spiro atoms. The van der Waals surface area contributed by atoms with Gasteiger partial charge in [0, 0.05) is 12.6 Å². The van der Waals surface area contributed by atoms with E-state index in [0.29, 0.717) is 11.2 Å². The summed E-state index contributed by atoms with van der Waals surface area (Å²) in [5, 5.41) is 5.14. The van der Waals surface area contributed by atoms with Crippen LogP contribution in [-0.4, -0.2) is 31.5 Å². The number of thiazole rings is 1. The molecule has 126 valence electrons. The van der Waals surface area contributed by atoms with E-state index in [2.05, 4.69) is 19.8 Å². The Balaban J connectivity index is 2.24. The molecule has 1 aromatic carbocycles. The van der Waals surface area contributed by atoms with E-state index in [0.717, 1.165) is 23.5 Å². The SMILES string of the molecule is CCNC(=O)Nc1nc2cc(OS(=O)(=O)C(F)(F)F)ccc2s1. The zero-order valence-electron chi connectivity index (χ0n) is 11.5. The number of anilines is 1. The van der Waals surface area contributed by atoms with Crippen molar-refractivity contribution in [3.05, 3.63) is 18.2 Å². The molecule has 2 N–H and O–H groups in total. The summed E-state index contributed by atoms with van der Waals surface area (Å²) in [6.45, 7) is 2.13. The number of rotatable bonds is 4. The van der Waals surface area contributed by atoms with Gasteiger partial charge in [-0.2, -0.15) is 21.6 Å². The first-order chi connectivity index (χ1) is 10.6. The van der Waals surface area contributed by atoms with Gasteiger partial charge >= 0.3 is 21.7 Å². The van der Waals surface area contributed by atoms with Gasteiger partial charge in [-0.25, -0.2) is 9.78 Å². The van der Waals surface area contributed by atoms with Crippen molar-refractivity contribution in [2.45, 2.75) is 12.4 Å². The van der Waals surface area contributed by atoms with Gasteiger partial charge in [-0.15, -0.1) is 0 Å². The van der Waals surface area contributed by atoms with Crippen LogP contribution in [0.25, 0.3) is 10.2 Å². The van der Waals surface area contributed by atoms with E-state index in [9.17, 15) is 26.4 Å². The largest absolute Gasteiger partial charge is 0.534 e. The zero-order chi connectivity index (χ0) is 17.3. The molecule has 0 saturated heterocycles. The predicted octanol–water partition coefficient (Wildman–Crippen LogP) is 2.67. The number of urea groups is 1. The number of hydrogen-bond acceptors (Lipinski definition) is 6. The van der Waals surface area contributed by atoms with Crippen molar-refractivity contribution >= 4 is 42.8 Å². The highest BCUT2D eigenvalue weighted by Crippen LogP contribution is 2.31. The zero-order valence-corrected chi connectivity index (χ0v) is 13.1. The summed E-state index contributed by atoms with van der Waals surface area (Å²) in [6.07, 6.45) is 0. The second-order valence-corrected chi connectivity index (χ2v) is 6.68. The Bertz CT molecular complexity index is 833. The van der Waals surface area contributed by atoms with Crippen LogP contribution in [0, 0.1) is 0 Å². The van der Waals surface area contributed by atoms with Gasteiger partial charge in [-0.1, -0.05) is 11.3 Å². The van der Waals surface area contributed by atoms with Crippen molar-refractivity contribution in [2.75, 3.05) is 11.9 Å². The number of benzene rings is 1. The summed E-state index contributed by atoms with van der Waals surface area (Å²) in [4.78, 5) is 15.3. The molecule has 2 rings (SSSR count). The van der Waals surface area contributed by atoms with Crippen molar-refractivity contribution in [3.63, 3.8) is 0 Å². The van der Waals surface area contributed by atoms with Crippen LogP contribution in [0.3, 0.4) is 0 Å². The smallest absolute Gasteiger partial charge is 0.376 e. The standard InChI is InChI=1S/C11H10F3N3O4S2/c1-2-15-9(18)17-10-16-7-5-6(3-4-8(7)22-10)21-23(19,20)11(12,13)14/h3-5H,2H2,1H3,(H2,15,16,17,18). The highest BCUT2D eigenvalue weighted by molar-refractivity contribution is 7.88. The third-order valence-corrected chi connectivity index (χ3v) is 4.34. The van der Waals surface area contributed by atoms with Crippen LogP contribution in [0.15, 0.2) is 18.2 Å². The van der Waals surface area contributed by atoms with Gasteiger partial charge < -0.3 is 9.50 Å². The van der Waals surface area contributed by atoms with Gasteiger partial charge in [0.05, 0.1) is 10.2 Å². The maximum Gasteiger partial charge on any atom is 0.534 e. The molecule has 0 atom stereocenters. The highest BCUT2D eigenvalue weighted by atomic mass is 32.2. The van der Waals surface area contributed by atoms with Crippen molar-refractivity contribution in [2.24, 2.45) is 0 Å². The minimum absolute atomic E-state index is 0.191. The molecular formula is C11H10F3N3O4S2.